The number of rotatable bonds is 5. The van der Waals surface area contributed by atoms with E-state index in [0.29, 0.717) is 33.6 Å². The van der Waals surface area contributed by atoms with Crippen molar-refractivity contribution >= 4 is 22.5 Å². The minimum absolute atomic E-state index is 0.107. The van der Waals surface area contributed by atoms with Gasteiger partial charge in [0.1, 0.15) is 11.3 Å². The molecule has 0 aliphatic rings. The molecule has 34 heavy (non-hydrogen) atoms. The van der Waals surface area contributed by atoms with Crippen LogP contribution in [0.4, 0.5) is 14.5 Å². The lowest BCUT2D eigenvalue weighted by Crippen LogP contribution is -2.20. The van der Waals surface area contributed by atoms with Crippen molar-refractivity contribution in [1.29, 1.82) is 0 Å². The van der Waals surface area contributed by atoms with Crippen LogP contribution in [0.2, 0.25) is 0 Å². The Morgan fingerprint density at radius 2 is 1.97 bits per heavy atom. The SMILES string of the molecule is Cc1cc(C(C)Nc2ccc(F)c(F)c2C(N)=NO)c2oc(-c3ccccn3)c(C)c(=O)c2c1. The molecule has 4 aromatic rings. The summed E-state index contributed by atoms with van der Waals surface area (Å²) in [5, 5.41) is 15.3. The van der Waals surface area contributed by atoms with Gasteiger partial charge in [-0.2, -0.15) is 0 Å². The number of pyridine rings is 1. The van der Waals surface area contributed by atoms with Crippen LogP contribution in [0, 0.1) is 25.5 Å². The van der Waals surface area contributed by atoms with E-state index in [1.807, 2.05) is 13.0 Å². The van der Waals surface area contributed by atoms with Crippen molar-refractivity contribution in [3.63, 3.8) is 0 Å². The lowest BCUT2D eigenvalue weighted by Gasteiger charge is -2.20. The standard InChI is InChI=1S/C25H22F2N4O3/c1-12-10-15(14(3)30-18-8-7-17(26)21(27)20(18)25(28)31-33)24-16(11-12)22(32)13(2)23(34-24)19-6-4-5-9-29-19/h4-11,14,30,33H,1-3H3,(H2,28,31). The van der Waals surface area contributed by atoms with Gasteiger partial charge in [-0.05, 0) is 56.7 Å². The Labute approximate surface area is 193 Å². The third-order valence-electron chi connectivity index (χ3n) is 5.59. The van der Waals surface area contributed by atoms with Crippen LogP contribution in [0.25, 0.3) is 22.4 Å². The predicted molar refractivity (Wildman–Crippen MR) is 126 cm³/mol. The van der Waals surface area contributed by atoms with E-state index in [9.17, 15) is 13.6 Å². The van der Waals surface area contributed by atoms with Gasteiger partial charge in [-0.3, -0.25) is 9.78 Å². The van der Waals surface area contributed by atoms with Gasteiger partial charge in [0.25, 0.3) is 0 Å². The number of fused-ring (bicyclic) bond motifs is 1. The first-order valence-electron chi connectivity index (χ1n) is 10.4. The summed E-state index contributed by atoms with van der Waals surface area (Å²) in [6, 6.07) is 10.6. The molecule has 0 fully saturated rings. The van der Waals surface area contributed by atoms with Gasteiger partial charge in [-0.25, -0.2) is 8.78 Å². The number of benzene rings is 2. The largest absolute Gasteiger partial charge is 0.454 e. The van der Waals surface area contributed by atoms with Crippen LogP contribution >= 0.6 is 0 Å². The van der Waals surface area contributed by atoms with Crippen molar-refractivity contribution in [2.45, 2.75) is 26.8 Å². The van der Waals surface area contributed by atoms with Crippen LogP contribution in [0.3, 0.4) is 0 Å². The highest BCUT2D eigenvalue weighted by Gasteiger charge is 2.22. The van der Waals surface area contributed by atoms with E-state index in [4.69, 9.17) is 15.4 Å². The summed E-state index contributed by atoms with van der Waals surface area (Å²) in [7, 11) is 0. The molecular weight excluding hydrogens is 442 g/mol. The number of aromatic nitrogens is 1. The minimum atomic E-state index is -1.25. The van der Waals surface area contributed by atoms with Gasteiger partial charge in [-0.15, -0.1) is 0 Å². The maximum Gasteiger partial charge on any atom is 0.196 e. The summed E-state index contributed by atoms with van der Waals surface area (Å²) in [6.07, 6.45) is 1.61. The van der Waals surface area contributed by atoms with E-state index in [-0.39, 0.29) is 11.1 Å². The lowest BCUT2D eigenvalue weighted by molar-refractivity contribution is 0.318. The van der Waals surface area contributed by atoms with Gasteiger partial charge in [0.05, 0.1) is 17.0 Å². The van der Waals surface area contributed by atoms with E-state index in [1.165, 1.54) is 6.07 Å². The highest BCUT2D eigenvalue weighted by atomic mass is 19.2. The molecule has 0 saturated carbocycles. The monoisotopic (exact) mass is 464 g/mol. The van der Waals surface area contributed by atoms with E-state index in [1.54, 1.807) is 44.3 Å². The van der Waals surface area contributed by atoms with Crippen molar-refractivity contribution in [3.05, 3.63) is 92.8 Å². The maximum absolute atomic E-state index is 14.5. The zero-order chi connectivity index (χ0) is 24.6. The minimum Gasteiger partial charge on any atom is -0.454 e. The van der Waals surface area contributed by atoms with Crippen LogP contribution < -0.4 is 16.5 Å². The number of halogens is 2. The van der Waals surface area contributed by atoms with Crippen LogP contribution in [-0.4, -0.2) is 16.0 Å². The molecule has 7 nitrogen and oxygen atoms in total. The topological polar surface area (TPSA) is 114 Å². The molecule has 0 amide bonds. The molecule has 0 aliphatic carbocycles. The highest BCUT2D eigenvalue weighted by Crippen LogP contribution is 2.32. The molecule has 1 atom stereocenters. The van der Waals surface area contributed by atoms with Gasteiger partial charge < -0.3 is 20.7 Å². The second-order valence-electron chi connectivity index (χ2n) is 7.97. The number of nitrogens with zero attached hydrogens (tertiary/aromatic N) is 2. The summed E-state index contributed by atoms with van der Waals surface area (Å²) >= 11 is 0. The van der Waals surface area contributed by atoms with Gasteiger partial charge in [-0.1, -0.05) is 17.3 Å². The van der Waals surface area contributed by atoms with Crippen molar-refractivity contribution < 1.29 is 18.4 Å². The number of anilines is 1. The van der Waals surface area contributed by atoms with Gasteiger partial charge in [0.15, 0.2) is 28.7 Å². The van der Waals surface area contributed by atoms with E-state index in [2.05, 4.69) is 15.5 Å². The average molecular weight is 464 g/mol. The molecule has 2 aromatic heterocycles. The van der Waals surface area contributed by atoms with E-state index < -0.39 is 29.1 Å². The molecule has 4 rings (SSSR count). The Morgan fingerprint density at radius 1 is 1.21 bits per heavy atom. The zero-order valence-corrected chi connectivity index (χ0v) is 18.7. The van der Waals surface area contributed by atoms with Gasteiger partial charge in [0, 0.05) is 23.0 Å². The fourth-order valence-corrected chi connectivity index (χ4v) is 3.91. The van der Waals surface area contributed by atoms with E-state index in [0.717, 1.165) is 11.6 Å². The van der Waals surface area contributed by atoms with Crippen molar-refractivity contribution in [3.8, 4) is 11.5 Å². The molecule has 4 N–H and O–H groups in total. The zero-order valence-electron chi connectivity index (χ0n) is 18.7. The number of hydrogen-bond donors (Lipinski definition) is 3. The Bertz CT molecular complexity index is 1480. The van der Waals surface area contributed by atoms with Gasteiger partial charge >= 0.3 is 0 Å². The molecule has 1 unspecified atom stereocenters. The fourth-order valence-electron chi connectivity index (χ4n) is 3.91. The van der Waals surface area contributed by atoms with Crippen LogP contribution in [0.5, 0.6) is 0 Å². The average Bonchev–Trinajstić information content (AvgIpc) is 2.83. The molecule has 0 aliphatic heterocycles. The first kappa shape index (κ1) is 22.9. The lowest BCUT2D eigenvalue weighted by atomic mass is 9.99. The molecular formula is C25H22F2N4O3. The second-order valence-corrected chi connectivity index (χ2v) is 7.97. The second kappa shape index (κ2) is 8.93. The predicted octanol–water partition coefficient (Wildman–Crippen LogP) is 5.02. The summed E-state index contributed by atoms with van der Waals surface area (Å²) in [6.45, 7) is 5.30. The molecule has 0 spiro atoms. The molecule has 2 aromatic carbocycles. The Hall–Kier alpha value is -4.27. The van der Waals surface area contributed by atoms with E-state index >= 15 is 0 Å². The summed E-state index contributed by atoms with van der Waals surface area (Å²) in [4.78, 5) is 17.5. The van der Waals surface area contributed by atoms with Crippen LogP contribution in [0.15, 0.2) is 63.0 Å². The van der Waals surface area contributed by atoms with Crippen molar-refractivity contribution in [2.75, 3.05) is 5.32 Å². The third kappa shape index (κ3) is 3.96. The summed E-state index contributed by atoms with van der Waals surface area (Å²) in [5.41, 5.74) is 7.82. The first-order chi connectivity index (χ1) is 16.2. The Kier molecular flexibility index (Phi) is 6.02. The molecule has 174 valence electrons. The quantitative estimate of drug-likeness (QED) is 0.165. The summed E-state index contributed by atoms with van der Waals surface area (Å²) in [5.74, 6) is -2.62. The number of aryl methyl sites for hydroxylation is 1. The normalized spacial score (nSPS) is 12.7. The van der Waals surface area contributed by atoms with Crippen molar-refractivity contribution in [2.24, 2.45) is 10.9 Å². The number of nitrogens with one attached hydrogen (secondary N) is 1. The smallest absolute Gasteiger partial charge is 0.196 e. The number of hydrogen-bond acceptors (Lipinski definition) is 6. The maximum atomic E-state index is 14.5. The van der Waals surface area contributed by atoms with Crippen molar-refractivity contribution in [1.82, 2.24) is 4.98 Å². The Morgan fingerprint density at radius 3 is 2.65 bits per heavy atom. The molecule has 0 bridgehead atoms. The summed E-state index contributed by atoms with van der Waals surface area (Å²) < 4.78 is 34.5. The third-order valence-corrected chi connectivity index (χ3v) is 5.59. The number of nitrogens with two attached hydrogens (primary N) is 1. The van der Waals surface area contributed by atoms with Crippen LogP contribution in [-0.2, 0) is 0 Å². The highest BCUT2D eigenvalue weighted by molar-refractivity contribution is 6.02. The molecule has 0 saturated heterocycles. The number of oxime groups is 1. The first-order valence-corrected chi connectivity index (χ1v) is 10.4. The molecule has 9 heteroatoms. The Balaban J connectivity index is 1.90. The van der Waals surface area contributed by atoms with Gasteiger partial charge in [0.2, 0.25) is 0 Å². The molecule has 0 radical (unpaired) electrons. The fraction of sp³-hybridized carbons (Fsp3) is 0.160. The van der Waals surface area contributed by atoms with Crippen LogP contribution in [0.1, 0.15) is 35.2 Å². The number of amidine groups is 1. The molecule has 2 heterocycles.